The van der Waals surface area contributed by atoms with E-state index in [2.05, 4.69) is 43.5 Å². The maximum atomic E-state index is 12.9. The molecule has 6 heteroatoms. The summed E-state index contributed by atoms with van der Waals surface area (Å²) in [5.41, 5.74) is 1.08. The summed E-state index contributed by atoms with van der Waals surface area (Å²) in [6, 6.07) is 6.72. The van der Waals surface area contributed by atoms with Gasteiger partial charge in [0.05, 0.1) is 0 Å². The van der Waals surface area contributed by atoms with Gasteiger partial charge in [-0.1, -0.05) is 12.1 Å². The van der Waals surface area contributed by atoms with Gasteiger partial charge in [-0.05, 0) is 53.9 Å². The summed E-state index contributed by atoms with van der Waals surface area (Å²) in [6.45, 7) is 4.86. The van der Waals surface area contributed by atoms with Gasteiger partial charge in [0.1, 0.15) is 28.3 Å². The van der Waals surface area contributed by atoms with Gasteiger partial charge in [0.2, 0.25) is 0 Å². The maximum absolute atomic E-state index is 12.9. The molecule has 1 unspecified atom stereocenters. The van der Waals surface area contributed by atoms with Crippen molar-refractivity contribution in [2.24, 2.45) is 0 Å². The Hall–Kier alpha value is -1.69. The molecule has 21 heavy (non-hydrogen) atoms. The van der Waals surface area contributed by atoms with Crippen LogP contribution in [0.25, 0.3) is 0 Å². The van der Waals surface area contributed by atoms with E-state index in [4.69, 9.17) is 0 Å². The van der Waals surface area contributed by atoms with E-state index in [1.807, 2.05) is 6.92 Å². The van der Waals surface area contributed by atoms with Crippen molar-refractivity contribution in [1.29, 1.82) is 0 Å². The first-order valence-corrected chi connectivity index (χ1v) is 7.64. The monoisotopic (exact) mass is 352 g/mol. The molecule has 2 aromatic rings. The van der Waals surface area contributed by atoms with Crippen LogP contribution in [0.15, 0.2) is 35.1 Å². The molecule has 112 valence electrons. The molecular weight excluding hydrogens is 335 g/mol. The fourth-order valence-corrected chi connectivity index (χ4v) is 2.48. The fraction of sp³-hybridized carbons (Fsp3) is 0.333. The Balaban J connectivity index is 2.03. The molecule has 1 heterocycles. The third-order valence-corrected chi connectivity index (χ3v) is 3.72. The lowest BCUT2D eigenvalue weighted by Gasteiger charge is -2.16. The molecule has 0 aliphatic carbocycles. The van der Waals surface area contributed by atoms with Gasteiger partial charge in [0.25, 0.3) is 0 Å². The van der Waals surface area contributed by atoms with Gasteiger partial charge in [-0.15, -0.1) is 0 Å². The summed E-state index contributed by atoms with van der Waals surface area (Å²) in [5.74, 6) is 1.30. The predicted molar refractivity (Wildman–Crippen MR) is 87.1 cm³/mol. The predicted octanol–water partition coefficient (Wildman–Crippen LogP) is 3.85. The number of benzene rings is 1. The highest BCUT2D eigenvalue weighted by Crippen LogP contribution is 2.27. The van der Waals surface area contributed by atoms with Crippen molar-refractivity contribution in [3.63, 3.8) is 0 Å². The third-order valence-electron chi connectivity index (χ3n) is 2.97. The van der Waals surface area contributed by atoms with Gasteiger partial charge >= 0.3 is 0 Å². The highest BCUT2D eigenvalue weighted by Gasteiger charge is 2.11. The summed E-state index contributed by atoms with van der Waals surface area (Å²) >= 11 is 3.51. The largest absolute Gasteiger partial charge is 0.369 e. The molecule has 0 fully saturated rings. The molecule has 0 aliphatic heterocycles. The number of anilines is 2. The lowest BCUT2D eigenvalue weighted by Crippen LogP contribution is -2.19. The van der Waals surface area contributed by atoms with Gasteiger partial charge in [-0.3, -0.25) is 0 Å². The van der Waals surface area contributed by atoms with Crippen LogP contribution in [-0.4, -0.2) is 22.6 Å². The van der Waals surface area contributed by atoms with Gasteiger partial charge in [0, 0.05) is 12.6 Å². The number of nitrogens with one attached hydrogen (secondary N) is 2. The quantitative estimate of drug-likeness (QED) is 0.828. The summed E-state index contributed by atoms with van der Waals surface area (Å²) in [7, 11) is 0. The minimum absolute atomic E-state index is 0.163. The zero-order valence-corrected chi connectivity index (χ0v) is 13.6. The molecule has 0 aliphatic rings. The van der Waals surface area contributed by atoms with Gasteiger partial charge in [-0.25, -0.2) is 14.4 Å². The molecule has 0 radical (unpaired) electrons. The Morgan fingerprint density at radius 1 is 1.19 bits per heavy atom. The molecule has 2 N–H and O–H groups in total. The van der Waals surface area contributed by atoms with Crippen molar-refractivity contribution in [3.05, 3.63) is 46.4 Å². The molecule has 1 aromatic heterocycles. The Labute approximate surface area is 132 Å². The number of hydrogen-bond acceptors (Lipinski definition) is 4. The average molecular weight is 353 g/mol. The second kappa shape index (κ2) is 7.36. The van der Waals surface area contributed by atoms with Crippen LogP contribution >= 0.6 is 15.9 Å². The number of halogens is 2. The van der Waals surface area contributed by atoms with Crippen LogP contribution in [0.2, 0.25) is 0 Å². The lowest BCUT2D eigenvalue weighted by atomic mass is 10.1. The zero-order valence-electron chi connectivity index (χ0n) is 12.0. The fourth-order valence-electron chi connectivity index (χ4n) is 2.02. The standard InChI is InChI=1S/C15H18BrFN4/c1-3-18-14-13(16)15(20-9-19-14)21-10(2)8-11-4-6-12(17)7-5-11/h4-7,9-10H,3,8H2,1-2H3,(H2,18,19,20,21). The summed E-state index contributed by atoms with van der Waals surface area (Å²) in [4.78, 5) is 8.43. The van der Waals surface area contributed by atoms with Crippen LogP contribution < -0.4 is 10.6 Å². The molecule has 1 aromatic carbocycles. The summed E-state index contributed by atoms with van der Waals surface area (Å²) in [5, 5.41) is 6.51. The normalized spacial score (nSPS) is 12.0. The second-order valence-corrected chi connectivity index (χ2v) is 5.58. The third kappa shape index (κ3) is 4.39. The molecule has 0 saturated heterocycles. The SMILES string of the molecule is CCNc1ncnc(NC(C)Cc2ccc(F)cc2)c1Br. The van der Waals surface area contributed by atoms with Crippen LogP contribution in [0.4, 0.5) is 16.0 Å². The van der Waals surface area contributed by atoms with E-state index in [-0.39, 0.29) is 11.9 Å². The molecule has 2 rings (SSSR count). The Bertz CT molecular complexity index is 589. The molecule has 0 bridgehead atoms. The first-order chi connectivity index (χ1) is 10.1. The average Bonchev–Trinajstić information content (AvgIpc) is 2.46. The van der Waals surface area contributed by atoms with Gasteiger partial charge in [-0.2, -0.15) is 0 Å². The summed E-state index contributed by atoms with van der Waals surface area (Å²) < 4.78 is 13.7. The Morgan fingerprint density at radius 2 is 1.86 bits per heavy atom. The topological polar surface area (TPSA) is 49.8 Å². The number of aromatic nitrogens is 2. The number of rotatable bonds is 6. The van der Waals surface area contributed by atoms with Crippen LogP contribution in [0.3, 0.4) is 0 Å². The Morgan fingerprint density at radius 3 is 2.52 bits per heavy atom. The molecule has 0 saturated carbocycles. The van der Waals surface area contributed by atoms with E-state index in [1.54, 1.807) is 12.1 Å². The van der Waals surface area contributed by atoms with E-state index in [1.165, 1.54) is 18.5 Å². The van der Waals surface area contributed by atoms with Crippen molar-refractivity contribution in [3.8, 4) is 0 Å². The first kappa shape index (κ1) is 15.7. The molecule has 1 atom stereocenters. The molecule has 4 nitrogen and oxygen atoms in total. The Kier molecular flexibility index (Phi) is 5.50. The number of hydrogen-bond donors (Lipinski definition) is 2. The van der Waals surface area contributed by atoms with Crippen molar-refractivity contribution in [1.82, 2.24) is 9.97 Å². The van der Waals surface area contributed by atoms with E-state index < -0.39 is 0 Å². The molecular formula is C15H18BrFN4. The van der Waals surface area contributed by atoms with Crippen LogP contribution in [-0.2, 0) is 6.42 Å². The minimum atomic E-state index is -0.215. The van der Waals surface area contributed by atoms with E-state index in [0.29, 0.717) is 0 Å². The van der Waals surface area contributed by atoms with Crippen LogP contribution in [0, 0.1) is 5.82 Å². The van der Waals surface area contributed by atoms with Gasteiger partial charge < -0.3 is 10.6 Å². The van der Waals surface area contributed by atoms with Crippen molar-refractivity contribution in [2.75, 3.05) is 17.2 Å². The summed E-state index contributed by atoms with van der Waals surface area (Å²) in [6.07, 6.45) is 2.31. The highest BCUT2D eigenvalue weighted by atomic mass is 79.9. The van der Waals surface area contributed by atoms with Gasteiger partial charge in [0.15, 0.2) is 0 Å². The van der Waals surface area contributed by atoms with Crippen molar-refractivity contribution < 1.29 is 4.39 Å². The second-order valence-electron chi connectivity index (χ2n) is 4.79. The van der Waals surface area contributed by atoms with Crippen molar-refractivity contribution in [2.45, 2.75) is 26.3 Å². The van der Waals surface area contributed by atoms with Crippen LogP contribution in [0.5, 0.6) is 0 Å². The van der Waals surface area contributed by atoms with Crippen LogP contribution in [0.1, 0.15) is 19.4 Å². The van der Waals surface area contributed by atoms with E-state index in [0.717, 1.165) is 34.6 Å². The maximum Gasteiger partial charge on any atom is 0.146 e. The zero-order chi connectivity index (χ0) is 15.2. The molecule has 0 spiro atoms. The highest BCUT2D eigenvalue weighted by molar-refractivity contribution is 9.10. The van der Waals surface area contributed by atoms with E-state index >= 15 is 0 Å². The van der Waals surface area contributed by atoms with E-state index in [9.17, 15) is 4.39 Å². The van der Waals surface area contributed by atoms with Crippen molar-refractivity contribution >= 4 is 27.6 Å². The smallest absolute Gasteiger partial charge is 0.146 e. The minimum Gasteiger partial charge on any atom is -0.369 e. The number of nitrogens with zero attached hydrogens (tertiary/aromatic N) is 2. The molecule has 0 amide bonds. The first-order valence-electron chi connectivity index (χ1n) is 6.85. The lowest BCUT2D eigenvalue weighted by molar-refractivity contribution is 0.626.